The smallest absolute Gasteiger partial charge is 0.319 e. The van der Waals surface area contributed by atoms with Crippen LogP contribution in [0.15, 0.2) is 18.2 Å². The molecular weight excluding hydrogens is 262 g/mol. The summed E-state index contributed by atoms with van der Waals surface area (Å²) >= 11 is 5.87. The van der Waals surface area contributed by atoms with E-state index in [1.54, 1.807) is 18.2 Å². The topological polar surface area (TPSA) is 64.9 Å². The van der Waals surface area contributed by atoms with Crippen molar-refractivity contribution in [2.75, 3.05) is 5.32 Å². The maximum Gasteiger partial charge on any atom is 0.319 e. The Morgan fingerprint density at radius 3 is 2.74 bits per heavy atom. The number of halogens is 1. The number of urea groups is 1. The van der Waals surface area contributed by atoms with Gasteiger partial charge in [-0.15, -0.1) is 0 Å². The molecule has 1 aliphatic rings. The molecule has 100 valence electrons. The molecule has 4 nitrogen and oxygen atoms in total. The van der Waals surface area contributed by atoms with Crippen molar-refractivity contribution >= 4 is 23.3 Å². The molecule has 2 amide bonds. The quantitative estimate of drug-likeness (QED) is 0.866. The number of rotatable bonds is 2. The van der Waals surface area contributed by atoms with Crippen molar-refractivity contribution in [3.8, 4) is 6.07 Å². The fourth-order valence-corrected chi connectivity index (χ4v) is 2.48. The Labute approximate surface area is 117 Å². The third kappa shape index (κ3) is 3.87. The Hall–Kier alpha value is -1.73. The number of nitrogens with one attached hydrogen (secondary N) is 2. The highest BCUT2D eigenvalue weighted by atomic mass is 35.5. The number of hydrogen-bond acceptors (Lipinski definition) is 2. The summed E-state index contributed by atoms with van der Waals surface area (Å²) < 4.78 is 0. The number of carbonyl (C=O) groups is 1. The molecule has 0 spiro atoms. The van der Waals surface area contributed by atoms with Crippen molar-refractivity contribution in [1.29, 1.82) is 5.26 Å². The van der Waals surface area contributed by atoms with Crippen LogP contribution in [0.4, 0.5) is 10.5 Å². The molecule has 0 unspecified atom stereocenters. The van der Waals surface area contributed by atoms with Crippen LogP contribution in [-0.2, 0) is 0 Å². The molecule has 0 aromatic heterocycles. The fourth-order valence-electron chi connectivity index (χ4n) is 2.31. The largest absolute Gasteiger partial charge is 0.335 e. The first-order chi connectivity index (χ1) is 9.19. The van der Waals surface area contributed by atoms with Crippen LogP contribution in [0.3, 0.4) is 0 Å². The highest BCUT2D eigenvalue weighted by Gasteiger charge is 2.16. The van der Waals surface area contributed by atoms with E-state index in [9.17, 15) is 4.79 Å². The van der Waals surface area contributed by atoms with Crippen LogP contribution in [0.25, 0.3) is 0 Å². The molecule has 1 aromatic carbocycles. The number of nitriles is 1. The maximum atomic E-state index is 11.9. The van der Waals surface area contributed by atoms with Gasteiger partial charge in [0.2, 0.25) is 0 Å². The summed E-state index contributed by atoms with van der Waals surface area (Å²) in [5, 5.41) is 15.1. The number of amides is 2. The van der Waals surface area contributed by atoms with E-state index in [1.165, 1.54) is 6.42 Å². The number of anilines is 1. The van der Waals surface area contributed by atoms with E-state index in [-0.39, 0.29) is 12.1 Å². The standard InChI is InChI=1S/C14H16ClN3O/c15-11-7-6-10(9-16)13(8-11)18-14(19)17-12-4-2-1-3-5-12/h6-8,12H,1-5H2,(H2,17,18,19). The predicted molar refractivity (Wildman–Crippen MR) is 75.2 cm³/mol. The zero-order valence-electron chi connectivity index (χ0n) is 10.6. The summed E-state index contributed by atoms with van der Waals surface area (Å²) in [6.07, 6.45) is 5.60. The molecule has 1 aliphatic carbocycles. The Bertz CT molecular complexity index is 504. The van der Waals surface area contributed by atoms with E-state index in [0.717, 1.165) is 25.7 Å². The Balaban J connectivity index is 1.98. The highest BCUT2D eigenvalue weighted by Crippen LogP contribution is 2.21. The van der Waals surface area contributed by atoms with Gasteiger partial charge in [-0.2, -0.15) is 5.26 Å². The first-order valence-corrected chi connectivity index (χ1v) is 6.84. The lowest BCUT2D eigenvalue weighted by Crippen LogP contribution is -2.39. The Morgan fingerprint density at radius 1 is 1.32 bits per heavy atom. The molecular formula is C14H16ClN3O. The van der Waals surface area contributed by atoms with Crippen LogP contribution in [0, 0.1) is 11.3 Å². The predicted octanol–water partition coefficient (Wildman–Crippen LogP) is 3.67. The van der Waals surface area contributed by atoms with Gasteiger partial charge in [-0.3, -0.25) is 0 Å². The first-order valence-electron chi connectivity index (χ1n) is 6.46. The van der Waals surface area contributed by atoms with Crippen LogP contribution in [-0.4, -0.2) is 12.1 Å². The molecule has 2 N–H and O–H groups in total. The minimum absolute atomic E-state index is 0.235. The molecule has 0 saturated heterocycles. The van der Waals surface area contributed by atoms with Crippen LogP contribution in [0.5, 0.6) is 0 Å². The van der Waals surface area contributed by atoms with Crippen molar-refractivity contribution in [2.45, 2.75) is 38.1 Å². The third-order valence-corrected chi connectivity index (χ3v) is 3.53. The molecule has 0 heterocycles. The van der Waals surface area contributed by atoms with Crippen LogP contribution in [0.2, 0.25) is 5.02 Å². The van der Waals surface area contributed by atoms with Gasteiger partial charge in [-0.05, 0) is 31.0 Å². The lowest BCUT2D eigenvalue weighted by Gasteiger charge is -2.23. The minimum atomic E-state index is -0.273. The first kappa shape index (κ1) is 13.7. The van der Waals surface area contributed by atoms with Gasteiger partial charge in [0.05, 0.1) is 11.3 Å². The van der Waals surface area contributed by atoms with Crippen LogP contribution < -0.4 is 10.6 Å². The van der Waals surface area contributed by atoms with Gasteiger partial charge in [0.1, 0.15) is 6.07 Å². The molecule has 1 fully saturated rings. The van der Waals surface area contributed by atoms with Crippen molar-refractivity contribution in [3.63, 3.8) is 0 Å². The molecule has 5 heteroatoms. The second-order valence-corrected chi connectivity index (χ2v) is 5.17. The summed E-state index contributed by atoms with van der Waals surface area (Å²) in [5.74, 6) is 0. The average Bonchev–Trinajstić information content (AvgIpc) is 2.40. The fraction of sp³-hybridized carbons (Fsp3) is 0.429. The van der Waals surface area contributed by atoms with Gasteiger partial charge in [-0.25, -0.2) is 4.79 Å². The number of carbonyl (C=O) groups excluding carboxylic acids is 1. The average molecular weight is 278 g/mol. The van der Waals surface area contributed by atoms with Gasteiger partial charge in [0.15, 0.2) is 0 Å². The molecule has 0 aliphatic heterocycles. The highest BCUT2D eigenvalue weighted by molar-refractivity contribution is 6.31. The van der Waals surface area contributed by atoms with E-state index in [1.807, 2.05) is 6.07 Å². The lowest BCUT2D eigenvalue weighted by molar-refractivity contribution is 0.244. The molecule has 2 rings (SSSR count). The van der Waals surface area contributed by atoms with Crippen molar-refractivity contribution in [1.82, 2.24) is 5.32 Å². The number of nitrogens with zero attached hydrogens (tertiary/aromatic N) is 1. The lowest BCUT2D eigenvalue weighted by atomic mass is 9.96. The van der Waals surface area contributed by atoms with Crippen LogP contribution in [0.1, 0.15) is 37.7 Å². The zero-order valence-corrected chi connectivity index (χ0v) is 11.3. The maximum absolute atomic E-state index is 11.9. The SMILES string of the molecule is N#Cc1ccc(Cl)cc1NC(=O)NC1CCCCC1. The monoisotopic (exact) mass is 277 g/mol. The summed E-state index contributed by atoms with van der Waals surface area (Å²) in [6.45, 7) is 0. The number of hydrogen-bond donors (Lipinski definition) is 2. The van der Waals surface area contributed by atoms with Gasteiger partial charge in [0.25, 0.3) is 0 Å². The third-order valence-electron chi connectivity index (χ3n) is 3.29. The van der Waals surface area contributed by atoms with Crippen molar-refractivity contribution in [3.05, 3.63) is 28.8 Å². The van der Waals surface area contributed by atoms with E-state index < -0.39 is 0 Å². The van der Waals surface area contributed by atoms with E-state index >= 15 is 0 Å². The van der Waals surface area contributed by atoms with Gasteiger partial charge >= 0.3 is 6.03 Å². The molecule has 0 bridgehead atoms. The van der Waals surface area contributed by atoms with E-state index in [0.29, 0.717) is 16.3 Å². The molecule has 0 radical (unpaired) electrons. The summed E-state index contributed by atoms with van der Waals surface area (Å²) in [5.41, 5.74) is 0.853. The Kier molecular flexibility index (Phi) is 4.64. The molecule has 19 heavy (non-hydrogen) atoms. The zero-order chi connectivity index (χ0) is 13.7. The van der Waals surface area contributed by atoms with Gasteiger partial charge in [0, 0.05) is 11.1 Å². The van der Waals surface area contributed by atoms with Crippen LogP contribution >= 0.6 is 11.6 Å². The molecule has 1 aromatic rings. The van der Waals surface area contributed by atoms with Gasteiger partial charge in [-0.1, -0.05) is 30.9 Å². The van der Waals surface area contributed by atoms with E-state index in [4.69, 9.17) is 16.9 Å². The normalized spacial score (nSPS) is 15.6. The second kappa shape index (κ2) is 6.44. The van der Waals surface area contributed by atoms with Crippen molar-refractivity contribution in [2.24, 2.45) is 0 Å². The van der Waals surface area contributed by atoms with Gasteiger partial charge < -0.3 is 10.6 Å². The molecule has 0 atom stereocenters. The second-order valence-electron chi connectivity index (χ2n) is 4.74. The van der Waals surface area contributed by atoms with Crippen molar-refractivity contribution < 1.29 is 4.79 Å². The Morgan fingerprint density at radius 2 is 2.05 bits per heavy atom. The summed E-state index contributed by atoms with van der Waals surface area (Å²) in [6, 6.07) is 6.80. The number of benzene rings is 1. The summed E-state index contributed by atoms with van der Waals surface area (Å²) in [7, 11) is 0. The minimum Gasteiger partial charge on any atom is -0.335 e. The van der Waals surface area contributed by atoms with E-state index in [2.05, 4.69) is 10.6 Å². The molecule has 1 saturated carbocycles. The summed E-state index contributed by atoms with van der Waals surface area (Å²) in [4.78, 5) is 11.9.